The van der Waals surface area contributed by atoms with Crippen molar-refractivity contribution in [2.75, 3.05) is 26.0 Å². The van der Waals surface area contributed by atoms with Crippen LogP contribution >= 0.6 is 0 Å². The summed E-state index contributed by atoms with van der Waals surface area (Å²) in [7, 11) is -3.13. The van der Waals surface area contributed by atoms with Gasteiger partial charge < -0.3 is 10.1 Å². The van der Waals surface area contributed by atoms with E-state index in [1.807, 2.05) is 6.92 Å². The molecule has 2 heterocycles. The van der Waals surface area contributed by atoms with Crippen molar-refractivity contribution in [3.8, 4) is 0 Å². The first-order valence-electron chi connectivity index (χ1n) is 7.25. The Labute approximate surface area is 120 Å². The molecule has 2 atom stereocenters. The fourth-order valence-electron chi connectivity index (χ4n) is 2.88. The highest BCUT2D eigenvalue weighted by molar-refractivity contribution is 7.88. The predicted molar refractivity (Wildman–Crippen MR) is 75.7 cm³/mol. The number of amides is 1. The van der Waals surface area contributed by atoms with Gasteiger partial charge in [-0.25, -0.2) is 12.7 Å². The zero-order chi connectivity index (χ0) is 14.8. The molecule has 7 heteroatoms. The van der Waals surface area contributed by atoms with Crippen LogP contribution in [-0.4, -0.2) is 56.7 Å². The SMILES string of the molecule is CC(NC(=O)C1CCN(S(C)(=O)=O)CC1)C1CCCO1. The van der Waals surface area contributed by atoms with Crippen molar-refractivity contribution in [2.24, 2.45) is 5.92 Å². The molecule has 2 aliphatic rings. The van der Waals surface area contributed by atoms with Crippen LogP contribution in [0.1, 0.15) is 32.6 Å². The van der Waals surface area contributed by atoms with Gasteiger partial charge in [-0.05, 0) is 32.6 Å². The summed E-state index contributed by atoms with van der Waals surface area (Å²) >= 11 is 0. The van der Waals surface area contributed by atoms with Crippen LogP contribution in [0.3, 0.4) is 0 Å². The van der Waals surface area contributed by atoms with E-state index in [1.54, 1.807) is 0 Å². The number of sulfonamides is 1. The van der Waals surface area contributed by atoms with E-state index in [0.29, 0.717) is 25.9 Å². The third-order valence-electron chi connectivity index (χ3n) is 4.19. The molecule has 0 radical (unpaired) electrons. The summed E-state index contributed by atoms with van der Waals surface area (Å²) in [6.45, 7) is 3.62. The van der Waals surface area contributed by atoms with E-state index >= 15 is 0 Å². The standard InChI is InChI=1S/C13H24N2O4S/c1-10(12-4-3-9-19-12)14-13(16)11-5-7-15(8-6-11)20(2,17)18/h10-12H,3-9H2,1-2H3,(H,14,16). The van der Waals surface area contributed by atoms with Gasteiger partial charge in [0.1, 0.15) is 0 Å². The van der Waals surface area contributed by atoms with Crippen LogP contribution in [0.5, 0.6) is 0 Å². The molecule has 116 valence electrons. The Bertz CT molecular complexity index is 437. The maximum absolute atomic E-state index is 12.2. The lowest BCUT2D eigenvalue weighted by Gasteiger charge is -2.30. The van der Waals surface area contributed by atoms with Crippen LogP contribution in [0.4, 0.5) is 0 Å². The van der Waals surface area contributed by atoms with Gasteiger partial charge in [-0.15, -0.1) is 0 Å². The molecule has 0 aromatic heterocycles. The second kappa shape index (κ2) is 6.41. The Morgan fingerprint density at radius 3 is 2.45 bits per heavy atom. The second-order valence-electron chi connectivity index (χ2n) is 5.79. The predicted octanol–water partition coefficient (Wildman–Crippen LogP) is 0.342. The third kappa shape index (κ3) is 3.93. The maximum atomic E-state index is 12.2. The van der Waals surface area contributed by atoms with Crippen molar-refractivity contribution in [3.63, 3.8) is 0 Å². The Morgan fingerprint density at radius 2 is 1.95 bits per heavy atom. The van der Waals surface area contributed by atoms with Crippen molar-refractivity contribution in [2.45, 2.75) is 44.8 Å². The van der Waals surface area contributed by atoms with Crippen molar-refractivity contribution in [3.05, 3.63) is 0 Å². The summed E-state index contributed by atoms with van der Waals surface area (Å²) < 4.78 is 29.9. The van der Waals surface area contributed by atoms with Crippen molar-refractivity contribution in [1.29, 1.82) is 0 Å². The number of hydrogen-bond donors (Lipinski definition) is 1. The van der Waals surface area contributed by atoms with Crippen LogP contribution < -0.4 is 5.32 Å². The summed E-state index contributed by atoms with van der Waals surface area (Å²) in [6.07, 6.45) is 4.57. The molecular formula is C13H24N2O4S. The van der Waals surface area contributed by atoms with Gasteiger partial charge in [-0.3, -0.25) is 4.79 Å². The molecule has 2 rings (SSSR count). The highest BCUT2D eigenvalue weighted by Gasteiger charge is 2.31. The molecule has 2 fully saturated rings. The number of piperidine rings is 1. The minimum Gasteiger partial charge on any atom is -0.376 e. The molecule has 0 spiro atoms. The van der Waals surface area contributed by atoms with Gasteiger partial charge in [0, 0.05) is 25.6 Å². The van der Waals surface area contributed by atoms with E-state index in [0.717, 1.165) is 19.4 Å². The van der Waals surface area contributed by atoms with Crippen molar-refractivity contribution in [1.82, 2.24) is 9.62 Å². The topological polar surface area (TPSA) is 75.7 Å². The monoisotopic (exact) mass is 304 g/mol. The summed E-state index contributed by atoms with van der Waals surface area (Å²) in [4.78, 5) is 12.2. The van der Waals surface area contributed by atoms with E-state index in [9.17, 15) is 13.2 Å². The molecule has 0 aromatic rings. The molecule has 0 saturated carbocycles. The van der Waals surface area contributed by atoms with Gasteiger partial charge in [0.15, 0.2) is 0 Å². The molecule has 2 aliphatic heterocycles. The van der Waals surface area contributed by atoms with Gasteiger partial charge in [0.25, 0.3) is 0 Å². The van der Waals surface area contributed by atoms with Crippen molar-refractivity contribution < 1.29 is 17.9 Å². The molecule has 1 N–H and O–H groups in total. The Hall–Kier alpha value is -0.660. The first kappa shape index (κ1) is 15.7. The highest BCUT2D eigenvalue weighted by Crippen LogP contribution is 2.21. The first-order valence-corrected chi connectivity index (χ1v) is 9.10. The number of carbonyl (C=O) groups is 1. The number of nitrogens with one attached hydrogen (secondary N) is 1. The average molecular weight is 304 g/mol. The minimum atomic E-state index is -3.13. The fourth-order valence-corrected chi connectivity index (χ4v) is 3.76. The van der Waals surface area contributed by atoms with Gasteiger partial charge in [-0.1, -0.05) is 0 Å². The number of ether oxygens (including phenoxy) is 1. The molecule has 0 aromatic carbocycles. The smallest absolute Gasteiger partial charge is 0.223 e. The summed E-state index contributed by atoms with van der Waals surface area (Å²) in [5.74, 6) is -0.0574. The van der Waals surface area contributed by atoms with Crippen molar-refractivity contribution >= 4 is 15.9 Å². The quantitative estimate of drug-likeness (QED) is 0.813. The van der Waals surface area contributed by atoms with Crippen LogP contribution in [0.2, 0.25) is 0 Å². The van der Waals surface area contributed by atoms with E-state index in [-0.39, 0.29) is 24.0 Å². The number of rotatable bonds is 4. The van der Waals surface area contributed by atoms with Crippen LogP contribution in [0.25, 0.3) is 0 Å². The minimum absolute atomic E-state index is 0.0259. The van der Waals surface area contributed by atoms with E-state index in [1.165, 1.54) is 10.6 Å². The number of hydrogen-bond acceptors (Lipinski definition) is 4. The first-order chi connectivity index (χ1) is 9.38. The highest BCUT2D eigenvalue weighted by atomic mass is 32.2. The van der Waals surface area contributed by atoms with Gasteiger partial charge >= 0.3 is 0 Å². The van der Waals surface area contributed by atoms with Gasteiger partial charge in [0.2, 0.25) is 15.9 Å². The lowest BCUT2D eigenvalue weighted by atomic mass is 9.96. The zero-order valence-corrected chi connectivity index (χ0v) is 13.0. The molecular weight excluding hydrogens is 280 g/mol. The number of carbonyl (C=O) groups excluding carboxylic acids is 1. The van der Waals surface area contributed by atoms with E-state index < -0.39 is 10.0 Å². The summed E-state index contributed by atoms with van der Waals surface area (Å²) in [5, 5.41) is 3.01. The molecule has 0 aliphatic carbocycles. The number of nitrogens with zero attached hydrogens (tertiary/aromatic N) is 1. The Morgan fingerprint density at radius 1 is 1.30 bits per heavy atom. The lowest BCUT2D eigenvalue weighted by molar-refractivity contribution is -0.127. The van der Waals surface area contributed by atoms with Gasteiger partial charge in [0.05, 0.1) is 18.4 Å². The Kier molecular flexibility index (Phi) is 5.04. The van der Waals surface area contributed by atoms with E-state index in [4.69, 9.17) is 4.74 Å². The molecule has 6 nitrogen and oxygen atoms in total. The largest absolute Gasteiger partial charge is 0.376 e. The van der Waals surface area contributed by atoms with E-state index in [2.05, 4.69) is 5.32 Å². The zero-order valence-electron chi connectivity index (χ0n) is 12.2. The summed E-state index contributed by atoms with van der Waals surface area (Å²) in [5.41, 5.74) is 0. The van der Waals surface area contributed by atoms with Crippen LogP contribution in [-0.2, 0) is 19.6 Å². The third-order valence-corrected chi connectivity index (χ3v) is 5.49. The average Bonchev–Trinajstić information content (AvgIpc) is 2.91. The maximum Gasteiger partial charge on any atom is 0.223 e. The Balaban J connectivity index is 1.79. The summed E-state index contributed by atoms with van der Waals surface area (Å²) in [6, 6.07) is 0.0259. The molecule has 2 unspecified atom stereocenters. The lowest BCUT2D eigenvalue weighted by Crippen LogP contribution is -2.47. The molecule has 2 saturated heterocycles. The second-order valence-corrected chi connectivity index (χ2v) is 7.77. The molecule has 0 bridgehead atoms. The fraction of sp³-hybridized carbons (Fsp3) is 0.923. The molecule has 20 heavy (non-hydrogen) atoms. The normalized spacial score (nSPS) is 27.4. The van der Waals surface area contributed by atoms with Gasteiger partial charge in [-0.2, -0.15) is 0 Å². The van der Waals surface area contributed by atoms with Crippen LogP contribution in [0, 0.1) is 5.92 Å². The molecule has 1 amide bonds. The van der Waals surface area contributed by atoms with Crippen LogP contribution in [0.15, 0.2) is 0 Å².